The molecule has 0 aliphatic rings. The van der Waals surface area contributed by atoms with Crippen LogP contribution in [0.1, 0.15) is 28.4 Å². The minimum Gasteiger partial charge on any atom is -0.355 e. The van der Waals surface area contributed by atoms with Gasteiger partial charge in [-0.1, -0.05) is 86.5 Å². The van der Waals surface area contributed by atoms with Crippen molar-refractivity contribution >= 4 is 49.5 Å². The van der Waals surface area contributed by atoms with E-state index in [0.29, 0.717) is 12.3 Å². The van der Waals surface area contributed by atoms with Crippen LogP contribution >= 0.6 is 43.6 Å². The molecule has 0 aliphatic carbocycles. The number of carbonyl (C=O) groups is 1. The number of halogens is 2. The van der Waals surface area contributed by atoms with Crippen LogP contribution in [0.15, 0.2) is 87.8 Å². The lowest BCUT2D eigenvalue weighted by Crippen LogP contribution is -2.26. The van der Waals surface area contributed by atoms with Crippen LogP contribution in [-0.2, 0) is 11.2 Å². The molecule has 5 heteroatoms. The summed E-state index contributed by atoms with van der Waals surface area (Å²) >= 11 is 8.65. The number of hydrogen-bond acceptors (Lipinski definition) is 2. The molecule has 0 heterocycles. The van der Waals surface area contributed by atoms with E-state index < -0.39 is 0 Å². The average molecular weight is 533 g/mol. The van der Waals surface area contributed by atoms with Crippen molar-refractivity contribution in [2.24, 2.45) is 0 Å². The smallest absolute Gasteiger partial charge is 0.230 e. The highest BCUT2D eigenvalue weighted by molar-refractivity contribution is 9.10. The molecule has 3 rings (SSSR count). The predicted octanol–water partition coefficient (Wildman–Crippen LogP) is 6.78. The molecule has 0 saturated heterocycles. The van der Waals surface area contributed by atoms with Crippen LogP contribution in [0.3, 0.4) is 0 Å². The van der Waals surface area contributed by atoms with E-state index in [9.17, 15) is 4.79 Å². The maximum absolute atomic E-state index is 12.4. The van der Waals surface area contributed by atoms with Crippen LogP contribution in [-0.4, -0.2) is 18.2 Å². The first-order valence-corrected chi connectivity index (χ1v) is 12.2. The van der Waals surface area contributed by atoms with Gasteiger partial charge in [0.2, 0.25) is 5.91 Å². The maximum Gasteiger partial charge on any atom is 0.230 e. The largest absolute Gasteiger partial charge is 0.355 e. The van der Waals surface area contributed by atoms with Gasteiger partial charge in [-0.15, -0.1) is 11.8 Å². The zero-order valence-corrected chi connectivity index (χ0v) is 20.0. The van der Waals surface area contributed by atoms with E-state index in [1.807, 2.05) is 30.3 Å². The normalized spacial score (nSPS) is 10.9. The van der Waals surface area contributed by atoms with Gasteiger partial charge in [0.25, 0.3) is 0 Å². The minimum absolute atomic E-state index is 0.0854. The molecular weight excluding hydrogens is 510 g/mol. The number of rotatable bonds is 9. The fourth-order valence-electron chi connectivity index (χ4n) is 3.04. The Morgan fingerprint density at radius 2 is 1.38 bits per heavy atom. The van der Waals surface area contributed by atoms with Crippen LogP contribution in [0.25, 0.3) is 0 Å². The van der Waals surface area contributed by atoms with Crippen molar-refractivity contribution in [1.29, 1.82) is 0 Å². The second-order valence-corrected chi connectivity index (χ2v) is 9.66. The van der Waals surface area contributed by atoms with Crippen molar-refractivity contribution in [2.75, 3.05) is 12.3 Å². The number of hydrogen-bond donors (Lipinski definition) is 1. The molecule has 0 bridgehead atoms. The van der Waals surface area contributed by atoms with Crippen LogP contribution in [0, 0.1) is 0 Å². The van der Waals surface area contributed by atoms with Gasteiger partial charge in [0.05, 0.1) is 11.0 Å². The number of carbonyl (C=O) groups excluding carboxylic acids is 1. The lowest BCUT2D eigenvalue weighted by molar-refractivity contribution is -0.118. The molecule has 1 amide bonds. The zero-order valence-electron chi connectivity index (χ0n) is 16.0. The van der Waals surface area contributed by atoms with Gasteiger partial charge >= 0.3 is 0 Å². The molecule has 0 spiro atoms. The summed E-state index contributed by atoms with van der Waals surface area (Å²) in [5.74, 6) is 0.518. The molecule has 2 nitrogen and oxygen atoms in total. The van der Waals surface area contributed by atoms with Gasteiger partial charge in [-0.3, -0.25) is 4.79 Å². The predicted molar refractivity (Wildman–Crippen MR) is 130 cm³/mol. The van der Waals surface area contributed by atoms with Gasteiger partial charge < -0.3 is 5.32 Å². The fraction of sp³-hybridized carbons (Fsp3) is 0.208. The summed E-state index contributed by atoms with van der Waals surface area (Å²) in [6.45, 7) is 0.704. The molecule has 0 atom stereocenters. The molecule has 0 aromatic heterocycles. The van der Waals surface area contributed by atoms with E-state index in [1.165, 1.54) is 16.7 Å². The van der Waals surface area contributed by atoms with E-state index >= 15 is 0 Å². The Balaban J connectivity index is 1.54. The van der Waals surface area contributed by atoms with Gasteiger partial charge in [0.15, 0.2) is 0 Å². The summed E-state index contributed by atoms with van der Waals surface area (Å²) in [5.41, 5.74) is 3.69. The summed E-state index contributed by atoms with van der Waals surface area (Å²) in [7, 11) is 0. The van der Waals surface area contributed by atoms with Gasteiger partial charge in [-0.05, 0) is 53.8 Å². The second kappa shape index (κ2) is 11.6. The Morgan fingerprint density at radius 1 is 0.828 bits per heavy atom. The average Bonchev–Trinajstić information content (AvgIpc) is 2.74. The van der Waals surface area contributed by atoms with Crippen LogP contribution in [0.5, 0.6) is 0 Å². The number of aryl methyl sites for hydroxylation is 1. The molecule has 0 fully saturated rings. The Labute approximate surface area is 193 Å². The molecular formula is C24H23Br2NOS. The van der Waals surface area contributed by atoms with E-state index in [1.54, 1.807) is 11.8 Å². The lowest BCUT2D eigenvalue weighted by Gasteiger charge is -2.18. The minimum atomic E-state index is 0.0854. The van der Waals surface area contributed by atoms with Crippen LogP contribution < -0.4 is 5.32 Å². The SMILES string of the molecule is O=C(CSC(c1ccc(Br)cc1)c1ccc(Br)cc1)NCCCc1ccccc1. The number of benzene rings is 3. The first kappa shape index (κ1) is 22.1. The van der Waals surface area contributed by atoms with Crippen molar-refractivity contribution in [1.82, 2.24) is 5.32 Å². The van der Waals surface area contributed by atoms with E-state index in [2.05, 4.69) is 85.7 Å². The summed E-state index contributed by atoms with van der Waals surface area (Å²) in [4.78, 5) is 12.4. The number of amides is 1. The van der Waals surface area contributed by atoms with Gasteiger partial charge in [-0.2, -0.15) is 0 Å². The molecule has 0 radical (unpaired) electrons. The van der Waals surface area contributed by atoms with Gasteiger partial charge in [0, 0.05) is 15.5 Å². The first-order chi connectivity index (χ1) is 14.1. The third kappa shape index (κ3) is 7.32. The standard InChI is InChI=1S/C24H23Br2NOS/c25-21-12-8-19(9-13-21)24(20-10-14-22(26)15-11-20)29-17-23(28)27-16-4-7-18-5-2-1-3-6-18/h1-3,5-6,8-15,24H,4,7,16-17H2,(H,27,28). The second-order valence-electron chi connectivity index (χ2n) is 6.73. The van der Waals surface area contributed by atoms with Gasteiger partial charge in [0.1, 0.15) is 0 Å². The maximum atomic E-state index is 12.4. The molecule has 150 valence electrons. The van der Waals surface area contributed by atoms with Gasteiger partial charge in [-0.25, -0.2) is 0 Å². The Hall–Kier alpha value is -1.56. The molecule has 0 saturated carbocycles. The molecule has 0 unspecified atom stereocenters. The van der Waals surface area contributed by atoms with Crippen LogP contribution in [0.4, 0.5) is 0 Å². The number of thioether (sulfide) groups is 1. The summed E-state index contributed by atoms with van der Waals surface area (Å²) in [6, 6.07) is 27.0. The topological polar surface area (TPSA) is 29.1 Å². The molecule has 1 N–H and O–H groups in total. The first-order valence-electron chi connectivity index (χ1n) is 9.55. The van der Waals surface area contributed by atoms with Crippen molar-refractivity contribution < 1.29 is 4.79 Å². The van der Waals surface area contributed by atoms with E-state index in [0.717, 1.165) is 21.8 Å². The zero-order chi connectivity index (χ0) is 20.5. The summed E-state index contributed by atoms with van der Waals surface area (Å²) < 4.78 is 2.11. The Kier molecular flexibility index (Phi) is 8.84. The Morgan fingerprint density at radius 3 is 1.93 bits per heavy atom. The fourth-order valence-corrected chi connectivity index (χ4v) is 4.68. The highest BCUT2D eigenvalue weighted by atomic mass is 79.9. The highest BCUT2D eigenvalue weighted by Gasteiger charge is 2.16. The summed E-state index contributed by atoms with van der Waals surface area (Å²) in [6.07, 6.45) is 1.93. The highest BCUT2D eigenvalue weighted by Crippen LogP contribution is 2.36. The molecule has 3 aromatic carbocycles. The quantitative estimate of drug-likeness (QED) is 0.307. The van der Waals surface area contributed by atoms with Crippen LogP contribution in [0.2, 0.25) is 0 Å². The van der Waals surface area contributed by atoms with Crippen molar-refractivity contribution in [3.8, 4) is 0 Å². The van der Waals surface area contributed by atoms with Crippen molar-refractivity contribution in [3.63, 3.8) is 0 Å². The Bertz CT molecular complexity index is 853. The van der Waals surface area contributed by atoms with E-state index in [4.69, 9.17) is 0 Å². The monoisotopic (exact) mass is 531 g/mol. The van der Waals surface area contributed by atoms with Crippen molar-refractivity contribution in [2.45, 2.75) is 18.1 Å². The number of nitrogens with one attached hydrogen (secondary N) is 1. The molecule has 29 heavy (non-hydrogen) atoms. The molecule has 0 aliphatic heterocycles. The molecule has 3 aromatic rings. The lowest BCUT2D eigenvalue weighted by atomic mass is 10.0. The van der Waals surface area contributed by atoms with E-state index in [-0.39, 0.29) is 11.2 Å². The van der Waals surface area contributed by atoms with Crippen molar-refractivity contribution in [3.05, 3.63) is 104 Å². The third-order valence-electron chi connectivity index (χ3n) is 4.53. The third-order valence-corrected chi connectivity index (χ3v) is 6.90. The summed E-state index contributed by atoms with van der Waals surface area (Å²) in [5, 5.41) is 3.17.